The summed E-state index contributed by atoms with van der Waals surface area (Å²) in [4.78, 5) is 24.2. The average molecular weight is 493 g/mol. The minimum Gasteiger partial charge on any atom is -0.368 e. The van der Waals surface area contributed by atoms with Crippen LogP contribution in [0, 0.1) is 18.7 Å². The number of hydrogen-bond donors (Lipinski definition) is 1. The van der Waals surface area contributed by atoms with Crippen molar-refractivity contribution in [2.75, 3.05) is 18.4 Å². The summed E-state index contributed by atoms with van der Waals surface area (Å²) in [6.45, 7) is 4.62. The summed E-state index contributed by atoms with van der Waals surface area (Å²) >= 11 is 1.37. The van der Waals surface area contributed by atoms with Gasteiger partial charge in [0.1, 0.15) is 23.0 Å². The fourth-order valence-corrected chi connectivity index (χ4v) is 5.13. The SMILES string of the molecule is Cc1nc(C(=O)N2CCC[C@@H](C)[C@H]2CNc2cccc(C(F)(F)F)n2)c(-c2ccc(F)cc2)s1. The standard InChI is InChI=1S/C24H24F4N4OS/c1-14-5-4-12-32(18(14)13-29-20-7-3-6-19(31-20)24(26,27)28)23(33)21-22(34-15(2)30-21)16-8-10-17(25)11-9-16/h3,6-11,14,18H,4-5,12-13H2,1-2H3,(H,29,31)/t14-,18-/m1/s1. The molecule has 180 valence electrons. The highest BCUT2D eigenvalue weighted by atomic mass is 32.1. The first-order valence-electron chi connectivity index (χ1n) is 11.0. The number of carbonyl (C=O) groups excluding carboxylic acids is 1. The molecule has 34 heavy (non-hydrogen) atoms. The molecule has 2 aromatic heterocycles. The van der Waals surface area contributed by atoms with Crippen molar-refractivity contribution in [2.24, 2.45) is 5.92 Å². The van der Waals surface area contributed by atoms with Crippen LogP contribution in [-0.4, -0.2) is 39.9 Å². The Labute approximate surface area is 198 Å². The number of aryl methyl sites for hydroxylation is 1. The summed E-state index contributed by atoms with van der Waals surface area (Å²) in [6, 6.07) is 9.38. The van der Waals surface area contributed by atoms with Gasteiger partial charge in [-0.05, 0) is 55.5 Å². The fraction of sp³-hybridized carbons (Fsp3) is 0.375. The van der Waals surface area contributed by atoms with Gasteiger partial charge in [-0.25, -0.2) is 14.4 Å². The first-order valence-corrected chi connectivity index (χ1v) is 11.8. The largest absolute Gasteiger partial charge is 0.433 e. The van der Waals surface area contributed by atoms with Gasteiger partial charge in [0.25, 0.3) is 5.91 Å². The Morgan fingerprint density at radius 3 is 2.62 bits per heavy atom. The monoisotopic (exact) mass is 492 g/mol. The molecule has 10 heteroatoms. The van der Waals surface area contributed by atoms with E-state index < -0.39 is 11.9 Å². The smallest absolute Gasteiger partial charge is 0.368 e. The van der Waals surface area contributed by atoms with Gasteiger partial charge in [0.15, 0.2) is 0 Å². The minimum atomic E-state index is -4.53. The van der Waals surface area contributed by atoms with Gasteiger partial charge < -0.3 is 10.2 Å². The Bertz CT molecular complexity index is 1160. The molecule has 2 atom stereocenters. The molecule has 0 aliphatic carbocycles. The summed E-state index contributed by atoms with van der Waals surface area (Å²) in [5.74, 6) is -0.363. The van der Waals surface area contributed by atoms with Crippen LogP contribution in [0.2, 0.25) is 0 Å². The number of thiazole rings is 1. The third-order valence-corrected chi connectivity index (χ3v) is 6.97. The van der Waals surface area contributed by atoms with Crippen LogP contribution < -0.4 is 5.32 Å². The zero-order valence-electron chi connectivity index (χ0n) is 18.7. The second kappa shape index (κ2) is 9.69. The Kier molecular flexibility index (Phi) is 6.88. The molecule has 0 spiro atoms. The van der Waals surface area contributed by atoms with E-state index in [4.69, 9.17) is 0 Å². The van der Waals surface area contributed by atoms with Crippen LogP contribution in [-0.2, 0) is 6.18 Å². The molecular weight excluding hydrogens is 468 g/mol. The van der Waals surface area contributed by atoms with Crippen LogP contribution in [0.5, 0.6) is 0 Å². The van der Waals surface area contributed by atoms with Crippen LogP contribution >= 0.6 is 11.3 Å². The Hall–Kier alpha value is -3.01. The maximum Gasteiger partial charge on any atom is 0.433 e. The third-order valence-electron chi connectivity index (χ3n) is 5.95. The van der Waals surface area contributed by atoms with Gasteiger partial charge in [-0.1, -0.05) is 25.1 Å². The number of hydrogen-bond acceptors (Lipinski definition) is 5. The van der Waals surface area contributed by atoms with Crippen LogP contribution in [0.25, 0.3) is 10.4 Å². The molecule has 0 radical (unpaired) electrons. The summed E-state index contributed by atoms with van der Waals surface area (Å²) in [6.07, 6.45) is -2.82. The molecule has 1 aromatic carbocycles. The molecule has 0 unspecified atom stereocenters. The van der Waals surface area contributed by atoms with Crippen LogP contribution in [0.15, 0.2) is 42.5 Å². The number of amides is 1. The molecule has 1 fully saturated rings. The number of rotatable bonds is 5. The number of benzene rings is 1. The summed E-state index contributed by atoms with van der Waals surface area (Å²) in [5, 5.41) is 3.70. The molecular formula is C24H24F4N4OS. The van der Waals surface area contributed by atoms with E-state index in [9.17, 15) is 22.4 Å². The molecule has 1 aliphatic rings. The number of anilines is 1. The molecule has 1 saturated heterocycles. The second-order valence-corrected chi connectivity index (χ2v) is 9.59. The van der Waals surface area contributed by atoms with Crippen LogP contribution in [0.1, 0.15) is 41.0 Å². The number of pyridine rings is 1. The molecule has 4 rings (SSSR count). The maximum atomic E-state index is 13.6. The zero-order chi connectivity index (χ0) is 24.5. The lowest BCUT2D eigenvalue weighted by atomic mass is 9.90. The van der Waals surface area contributed by atoms with Crippen molar-refractivity contribution in [3.05, 3.63) is 64.7 Å². The fourth-order valence-electron chi connectivity index (χ4n) is 4.22. The van der Waals surface area contributed by atoms with Gasteiger partial charge in [0.05, 0.1) is 15.9 Å². The molecule has 1 N–H and O–H groups in total. The van der Waals surface area contributed by atoms with Gasteiger partial charge in [-0.15, -0.1) is 11.3 Å². The molecule has 1 amide bonds. The van der Waals surface area contributed by atoms with Gasteiger partial charge in [-0.3, -0.25) is 4.79 Å². The van der Waals surface area contributed by atoms with Gasteiger partial charge >= 0.3 is 6.18 Å². The normalized spacial score (nSPS) is 18.7. The summed E-state index contributed by atoms with van der Waals surface area (Å²) < 4.78 is 52.4. The van der Waals surface area contributed by atoms with Crippen molar-refractivity contribution in [3.8, 4) is 10.4 Å². The quantitative estimate of drug-likeness (QED) is 0.442. The Balaban J connectivity index is 1.57. The van der Waals surface area contributed by atoms with E-state index in [-0.39, 0.29) is 36.0 Å². The minimum absolute atomic E-state index is 0.108. The van der Waals surface area contributed by atoms with Crippen LogP contribution in [0.4, 0.5) is 23.4 Å². The lowest BCUT2D eigenvalue weighted by Crippen LogP contribution is -2.51. The molecule has 3 heterocycles. The van der Waals surface area contributed by atoms with Crippen molar-refractivity contribution in [1.29, 1.82) is 0 Å². The second-order valence-electron chi connectivity index (χ2n) is 8.39. The topological polar surface area (TPSA) is 58.1 Å². The Morgan fingerprint density at radius 2 is 1.91 bits per heavy atom. The molecule has 0 bridgehead atoms. The van der Waals surface area contributed by atoms with E-state index in [2.05, 4.69) is 15.3 Å². The van der Waals surface area contributed by atoms with Gasteiger partial charge in [0.2, 0.25) is 0 Å². The summed E-state index contributed by atoms with van der Waals surface area (Å²) in [7, 11) is 0. The van der Waals surface area contributed by atoms with Crippen molar-refractivity contribution in [2.45, 2.75) is 38.9 Å². The van der Waals surface area contributed by atoms with E-state index in [1.165, 1.54) is 35.6 Å². The number of nitrogens with one attached hydrogen (secondary N) is 1. The maximum absolute atomic E-state index is 13.6. The average Bonchev–Trinajstić information content (AvgIpc) is 3.19. The highest BCUT2D eigenvalue weighted by molar-refractivity contribution is 7.15. The highest BCUT2D eigenvalue weighted by Crippen LogP contribution is 2.34. The van der Waals surface area contributed by atoms with Crippen LogP contribution in [0.3, 0.4) is 0 Å². The first-order chi connectivity index (χ1) is 16.1. The summed E-state index contributed by atoms with van der Waals surface area (Å²) in [5.41, 5.74) is 0.0534. The van der Waals surface area contributed by atoms with Crippen molar-refractivity contribution >= 4 is 23.1 Å². The number of nitrogens with zero attached hydrogens (tertiary/aromatic N) is 3. The Morgan fingerprint density at radius 1 is 1.18 bits per heavy atom. The highest BCUT2D eigenvalue weighted by Gasteiger charge is 2.35. The predicted octanol–water partition coefficient (Wildman–Crippen LogP) is 6.02. The van der Waals surface area contributed by atoms with E-state index in [0.29, 0.717) is 22.7 Å². The van der Waals surface area contributed by atoms with Gasteiger partial charge in [0, 0.05) is 13.1 Å². The number of halogens is 4. The molecule has 3 aromatic rings. The number of alkyl halides is 3. The van der Waals surface area contributed by atoms with E-state index in [0.717, 1.165) is 23.9 Å². The predicted molar refractivity (Wildman–Crippen MR) is 123 cm³/mol. The molecule has 5 nitrogen and oxygen atoms in total. The number of piperidine rings is 1. The third kappa shape index (κ3) is 5.22. The molecule has 1 aliphatic heterocycles. The van der Waals surface area contributed by atoms with Gasteiger partial charge in [-0.2, -0.15) is 13.2 Å². The van der Waals surface area contributed by atoms with Crippen molar-refractivity contribution < 1.29 is 22.4 Å². The van der Waals surface area contributed by atoms with E-state index in [1.54, 1.807) is 17.0 Å². The first kappa shape index (κ1) is 24.1. The van der Waals surface area contributed by atoms with E-state index >= 15 is 0 Å². The number of likely N-dealkylation sites (tertiary alicyclic amines) is 1. The lowest BCUT2D eigenvalue weighted by Gasteiger charge is -2.40. The zero-order valence-corrected chi connectivity index (χ0v) is 19.5. The number of aromatic nitrogens is 2. The number of carbonyl (C=O) groups is 1. The van der Waals surface area contributed by atoms with Crippen molar-refractivity contribution in [1.82, 2.24) is 14.9 Å². The lowest BCUT2D eigenvalue weighted by molar-refractivity contribution is -0.141. The van der Waals surface area contributed by atoms with E-state index in [1.807, 2.05) is 13.8 Å². The molecule has 0 saturated carbocycles. The van der Waals surface area contributed by atoms with Crippen molar-refractivity contribution in [3.63, 3.8) is 0 Å².